The average Bonchev–Trinajstić information content (AvgIpc) is 2.91. The normalized spacial score (nSPS) is 16.9. The van der Waals surface area contributed by atoms with Crippen LogP contribution >= 0.6 is 11.6 Å². The molecule has 0 aliphatic carbocycles. The lowest BCUT2D eigenvalue weighted by molar-refractivity contribution is 0.253. The molecule has 0 radical (unpaired) electrons. The zero-order valence-corrected chi connectivity index (χ0v) is 11.4. The van der Waals surface area contributed by atoms with E-state index in [0.29, 0.717) is 0 Å². The van der Waals surface area contributed by atoms with Crippen molar-refractivity contribution in [3.05, 3.63) is 70.9 Å². The molecular formula is C17H12ClNO. The van der Waals surface area contributed by atoms with E-state index in [1.165, 1.54) is 5.39 Å². The van der Waals surface area contributed by atoms with Crippen molar-refractivity contribution in [1.82, 2.24) is 4.98 Å². The van der Waals surface area contributed by atoms with Crippen molar-refractivity contribution < 1.29 is 4.74 Å². The topological polar surface area (TPSA) is 25.0 Å². The molecule has 2 aromatic carbocycles. The molecule has 0 saturated heterocycles. The van der Waals surface area contributed by atoms with Gasteiger partial charge in [0.15, 0.2) is 0 Å². The first-order valence-electron chi connectivity index (χ1n) is 6.52. The summed E-state index contributed by atoms with van der Waals surface area (Å²) in [5, 5.41) is 1.92. The van der Waals surface area contributed by atoms with Crippen LogP contribution in [0.25, 0.3) is 17.0 Å². The first-order chi connectivity index (χ1) is 9.81. The Hall–Kier alpha value is -2.19. The number of hydrogen-bond acceptors (Lipinski definition) is 1. The van der Waals surface area contributed by atoms with E-state index in [0.717, 1.165) is 27.4 Å². The summed E-state index contributed by atoms with van der Waals surface area (Å²) in [6, 6.07) is 13.9. The monoisotopic (exact) mass is 281 g/mol. The number of fused-ring (bicyclic) bond motifs is 2. The van der Waals surface area contributed by atoms with Crippen molar-refractivity contribution in [2.75, 3.05) is 0 Å². The molecule has 98 valence electrons. The fourth-order valence-corrected chi connectivity index (χ4v) is 2.80. The lowest BCUT2D eigenvalue weighted by Crippen LogP contribution is -2.08. The van der Waals surface area contributed by atoms with Crippen LogP contribution in [0.3, 0.4) is 0 Å². The van der Waals surface area contributed by atoms with E-state index in [-0.39, 0.29) is 6.10 Å². The minimum atomic E-state index is -0.0696. The van der Waals surface area contributed by atoms with E-state index in [4.69, 9.17) is 16.3 Å². The maximum Gasteiger partial charge on any atom is 0.144 e. The highest BCUT2D eigenvalue weighted by atomic mass is 35.5. The number of nitrogens with one attached hydrogen (secondary N) is 1. The Labute approximate surface area is 121 Å². The summed E-state index contributed by atoms with van der Waals surface area (Å²) in [6.07, 6.45) is 6.08. The van der Waals surface area contributed by atoms with Gasteiger partial charge < -0.3 is 9.72 Å². The predicted octanol–water partition coefficient (Wildman–Crippen LogP) is 4.97. The Morgan fingerprint density at radius 2 is 2.00 bits per heavy atom. The van der Waals surface area contributed by atoms with Gasteiger partial charge in [-0.05, 0) is 30.3 Å². The molecule has 1 aliphatic heterocycles. The van der Waals surface area contributed by atoms with Crippen LogP contribution in [0.5, 0.6) is 5.75 Å². The van der Waals surface area contributed by atoms with Crippen molar-refractivity contribution in [3.63, 3.8) is 0 Å². The molecule has 4 rings (SSSR count). The molecule has 1 atom stereocenters. The number of aromatic amines is 1. The van der Waals surface area contributed by atoms with Crippen molar-refractivity contribution in [3.8, 4) is 5.75 Å². The van der Waals surface area contributed by atoms with Gasteiger partial charge in [0.25, 0.3) is 0 Å². The van der Waals surface area contributed by atoms with Gasteiger partial charge in [-0.3, -0.25) is 0 Å². The van der Waals surface area contributed by atoms with E-state index in [1.54, 1.807) is 0 Å². The summed E-state index contributed by atoms with van der Waals surface area (Å²) in [7, 11) is 0. The van der Waals surface area contributed by atoms with Crippen LogP contribution in [0, 0.1) is 0 Å². The van der Waals surface area contributed by atoms with Gasteiger partial charge in [-0.2, -0.15) is 0 Å². The van der Waals surface area contributed by atoms with Gasteiger partial charge in [0.2, 0.25) is 0 Å². The van der Waals surface area contributed by atoms with Crippen molar-refractivity contribution in [2.45, 2.75) is 6.10 Å². The molecule has 1 aliphatic rings. The lowest BCUT2D eigenvalue weighted by Gasteiger charge is -2.21. The molecular weight excluding hydrogens is 270 g/mol. The quantitative estimate of drug-likeness (QED) is 0.669. The van der Waals surface area contributed by atoms with E-state index in [9.17, 15) is 0 Å². The minimum absolute atomic E-state index is 0.0696. The van der Waals surface area contributed by atoms with E-state index >= 15 is 0 Å². The number of benzene rings is 2. The van der Waals surface area contributed by atoms with Gasteiger partial charge in [0.05, 0.1) is 0 Å². The van der Waals surface area contributed by atoms with Crippen molar-refractivity contribution in [1.29, 1.82) is 0 Å². The van der Waals surface area contributed by atoms with Crippen LogP contribution in [0.1, 0.15) is 17.2 Å². The molecule has 2 nitrogen and oxygen atoms in total. The molecule has 1 N–H and O–H groups in total. The van der Waals surface area contributed by atoms with Gasteiger partial charge in [-0.15, -0.1) is 0 Å². The second kappa shape index (κ2) is 4.43. The number of H-pyrrole nitrogens is 1. The van der Waals surface area contributed by atoms with Crippen LogP contribution in [-0.2, 0) is 0 Å². The smallest absolute Gasteiger partial charge is 0.144 e. The second-order valence-corrected chi connectivity index (χ2v) is 5.31. The Morgan fingerprint density at radius 1 is 1.10 bits per heavy atom. The van der Waals surface area contributed by atoms with Crippen LogP contribution in [0.4, 0.5) is 0 Å². The summed E-state index contributed by atoms with van der Waals surface area (Å²) < 4.78 is 6.07. The highest BCUT2D eigenvalue weighted by Gasteiger charge is 2.19. The molecule has 3 heteroatoms. The van der Waals surface area contributed by atoms with Crippen molar-refractivity contribution in [2.24, 2.45) is 0 Å². The maximum atomic E-state index is 6.07. The third-order valence-electron chi connectivity index (χ3n) is 3.60. The molecule has 2 heterocycles. The molecule has 0 amide bonds. The Morgan fingerprint density at radius 3 is 2.95 bits per heavy atom. The van der Waals surface area contributed by atoms with Gasteiger partial charge in [-0.1, -0.05) is 35.9 Å². The predicted molar refractivity (Wildman–Crippen MR) is 82.2 cm³/mol. The third-order valence-corrected chi connectivity index (χ3v) is 3.84. The largest absolute Gasteiger partial charge is 0.481 e. The van der Waals surface area contributed by atoms with E-state index in [1.807, 2.05) is 36.5 Å². The lowest BCUT2D eigenvalue weighted by atomic mass is 10.0. The number of halogens is 1. The minimum Gasteiger partial charge on any atom is -0.481 e. The number of ether oxygens (including phenoxy) is 1. The molecule has 0 fully saturated rings. The number of rotatable bonds is 1. The molecule has 1 aromatic heterocycles. The van der Waals surface area contributed by atoms with Gasteiger partial charge in [0, 0.05) is 33.2 Å². The molecule has 20 heavy (non-hydrogen) atoms. The van der Waals surface area contributed by atoms with Gasteiger partial charge in [-0.25, -0.2) is 0 Å². The zero-order chi connectivity index (χ0) is 13.5. The summed E-state index contributed by atoms with van der Waals surface area (Å²) in [5.74, 6) is 0.868. The molecule has 0 spiro atoms. The number of aromatic nitrogens is 1. The third kappa shape index (κ3) is 1.81. The summed E-state index contributed by atoms with van der Waals surface area (Å²) in [5.41, 5.74) is 3.30. The first kappa shape index (κ1) is 11.6. The SMILES string of the molecule is Clc1ccc2c(c1)C=CC(c1c[nH]c3ccccc13)O2. The highest BCUT2D eigenvalue weighted by Crippen LogP contribution is 2.36. The fourth-order valence-electron chi connectivity index (χ4n) is 2.62. The second-order valence-electron chi connectivity index (χ2n) is 4.87. The molecule has 3 aromatic rings. The maximum absolute atomic E-state index is 6.07. The van der Waals surface area contributed by atoms with Gasteiger partial charge in [0.1, 0.15) is 11.9 Å². The van der Waals surface area contributed by atoms with E-state index in [2.05, 4.69) is 29.3 Å². The Kier molecular flexibility index (Phi) is 2.57. The van der Waals surface area contributed by atoms with Gasteiger partial charge >= 0.3 is 0 Å². The van der Waals surface area contributed by atoms with E-state index < -0.39 is 0 Å². The summed E-state index contributed by atoms with van der Waals surface area (Å²) in [4.78, 5) is 3.28. The Balaban J connectivity index is 1.77. The average molecular weight is 282 g/mol. The highest BCUT2D eigenvalue weighted by molar-refractivity contribution is 6.30. The molecule has 0 bridgehead atoms. The zero-order valence-electron chi connectivity index (χ0n) is 10.6. The van der Waals surface area contributed by atoms with Crippen molar-refractivity contribution >= 4 is 28.6 Å². The van der Waals surface area contributed by atoms with Crippen LogP contribution < -0.4 is 4.74 Å². The molecule has 0 saturated carbocycles. The van der Waals surface area contributed by atoms with Crippen LogP contribution in [0.2, 0.25) is 5.02 Å². The number of hydrogen-bond donors (Lipinski definition) is 1. The Bertz CT molecular complexity index is 819. The van der Waals surface area contributed by atoms with Crippen LogP contribution in [-0.4, -0.2) is 4.98 Å². The summed E-state index contributed by atoms with van der Waals surface area (Å²) >= 11 is 6.00. The fraction of sp³-hybridized carbons (Fsp3) is 0.0588. The number of para-hydroxylation sites is 1. The standard InChI is InChI=1S/C17H12ClNO/c18-12-6-8-16-11(9-12)5-7-17(20-16)14-10-19-15-4-2-1-3-13(14)15/h1-10,17,19H. The molecule has 1 unspecified atom stereocenters. The van der Waals surface area contributed by atoms with Crippen LogP contribution in [0.15, 0.2) is 54.7 Å². The first-order valence-corrected chi connectivity index (χ1v) is 6.89. The summed E-state index contributed by atoms with van der Waals surface area (Å²) in [6.45, 7) is 0.